The number of hydrogen-bond acceptors (Lipinski definition) is 4. The molecule has 0 aromatic carbocycles. The number of carbonyl (C=O) groups excluding carboxylic acids is 2. The molecule has 0 radical (unpaired) electrons. The van der Waals surface area contributed by atoms with Crippen molar-refractivity contribution in [1.82, 2.24) is 10.2 Å². The van der Waals surface area contributed by atoms with Crippen LogP contribution >= 0.6 is 0 Å². The van der Waals surface area contributed by atoms with Crippen molar-refractivity contribution >= 4 is 11.8 Å². The van der Waals surface area contributed by atoms with Gasteiger partial charge in [-0.2, -0.15) is 0 Å². The van der Waals surface area contributed by atoms with Crippen molar-refractivity contribution in [3.8, 4) is 0 Å². The van der Waals surface area contributed by atoms with Crippen molar-refractivity contribution < 1.29 is 19.7 Å². The van der Waals surface area contributed by atoms with Crippen LogP contribution in [0.15, 0.2) is 0 Å². The Balaban J connectivity index is 4.22. The van der Waals surface area contributed by atoms with Crippen LogP contribution in [0.3, 0.4) is 0 Å². The van der Waals surface area contributed by atoms with Crippen molar-refractivity contribution in [2.75, 3.05) is 20.7 Å². The molecule has 2 amide bonds. The van der Waals surface area contributed by atoms with Crippen LogP contribution in [0.4, 0.5) is 0 Å². The van der Waals surface area contributed by atoms with E-state index in [1.807, 2.05) is 0 Å². The van der Waals surface area contributed by atoms with Crippen LogP contribution < -0.4 is 5.32 Å². The Bertz CT molecular complexity index is 206. The molecule has 0 fully saturated rings. The molecule has 1 atom stereocenters. The van der Waals surface area contributed by atoms with Gasteiger partial charge >= 0.3 is 0 Å². The molecule has 1 unspecified atom stereocenters. The van der Waals surface area contributed by atoms with Gasteiger partial charge in [-0.3, -0.25) is 14.8 Å². The lowest BCUT2D eigenvalue weighted by Gasteiger charge is -2.20. The lowest BCUT2D eigenvalue weighted by Crippen LogP contribution is -2.46. The predicted octanol–water partition coefficient (Wildman–Crippen LogP) is -0.541. The monoisotopic (exact) mass is 204 g/mol. The van der Waals surface area contributed by atoms with E-state index in [2.05, 4.69) is 10.2 Å². The molecular formula is C8H16N2O4. The molecule has 0 saturated heterocycles. The van der Waals surface area contributed by atoms with Gasteiger partial charge in [0.2, 0.25) is 11.8 Å². The summed E-state index contributed by atoms with van der Waals surface area (Å²) in [4.78, 5) is 27.5. The third kappa shape index (κ3) is 4.78. The van der Waals surface area contributed by atoms with E-state index in [0.29, 0.717) is 0 Å². The second kappa shape index (κ2) is 6.33. The van der Waals surface area contributed by atoms with Crippen LogP contribution in [0.25, 0.3) is 0 Å². The Morgan fingerprint density at radius 2 is 2.07 bits per heavy atom. The van der Waals surface area contributed by atoms with E-state index >= 15 is 0 Å². The van der Waals surface area contributed by atoms with E-state index in [4.69, 9.17) is 5.26 Å². The van der Waals surface area contributed by atoms with E-state index in [9.17, 15) is 9.59 Å². The minimum atomic E-state index is -0.644. The average Bonchev–Trinajstić information content (AvgIpc) is 2.10. The summed E-state index contributed by atoms with van der Waals surface area (Å²) in [7, 11) is 3.19. The van der Waals surface area contributed by atoms with Gasteiger partial charge in [0, 0.05) is 27.4 Å². The van der Waals surface area contributed by atoms with Gasteiger partial charge in [0.25, 0.3) is 0 Å². The number of rotatable bonds is 5. The van der Waals surface area contributed by atoms with E-state index in [1.165, 1.54) is 11.8 Å². The molecule has 14 heavy (non-hydrogen) atoms. The molecule has 82 valence electrons. The summed E-state index contributed by atoms with van der Waals surface area (Å²) in [6, 6.07) is -0.644. The lowest BCUT2D eigenvalue weighted by molar-refractivity contribution is -0.243. The zero-order valence-corrected chi connectivity index (χ0v) is 8.61. The first-order chi connectivity index (χ1) is 6.49. The molecule has 0 aliphatic rings. The minimum Gasteiger partial charge on any atom is -0.347 e. The number of carbonyl (C=O) groups is 2. The lowest BCUT2D eigenvalue weighted by atomic mass is 10.2. The summed E-state index contributed by atoms with van der Waals surface area (Å²) < 4.78 is 0. The van der Waals surface area contributed by atoms with Crippen LogP contribution in [0, 0.1) is 0 Å². The predicted molar refractivity (Wildman–Crippen MR) is 49.5 cm³/mol. The van der Waals surface area contributed by atoms with E-state index in [1.54, 1.807) is 14.1 Å². The van der Waals surface area contributed by atoms with Crippen LogP contribution in [0.2, 0.25) is 0 Å². The molecule has 6 nitrogen and oxygen atoms in total. The van der Waals surface area contributed by atoms with Gasteiger partial charge < -0.3 is 10.2 Å². The third-order valence-electron chi connectivity index (χ3n) is 1.61. The van der Waals surface area contributed by atoms with Gasteiger partial charge in [-0.1, -0.05) is 0 Å². The van der Waals surface area contributed by atoms with Crippen molar-refractivity contribution in [2.45, 2.75) is 19.4 Å². The highest BCUT2D eigenvalue weighted by atomic mass is 17.1. The fourth-order valence-electron chi connectivity index (χ4n) is 0.985. The SMILES string of the molecule is CC(=O)NC(CCOO)C(=O)N(C)C. The Morgan fingerprint density at radius 1 is 1.50 bits per heavy atom. The molecule has 0 saturated carbocycles. The van der Waals surface area contributed by atoms with Crippen LogP contribution in [-0.2, 0) is 14.5 Å². The van der Waals surface area contributed by atoms with E-state index in [-0.39, 0.29) is 24.8 Å². The summed E-state index contributed by atoms with van der Waals surface area (Å²) in [6.07, 6.45) is 0.243. The van der Waals surface area contributed by atoms with Gasteiger partial charge in [-0.05, 0) is 0 Å². The molecule has 0 aromatic heterocycles. The molecule has 0 aliphatic carbocycles. The first kappa shape index (κ1) is 12.9. The van der Waals surface area contributed by atoms with Crippen molar-refractivity contribution in [3.63, 3.8) is 0 Å². The molecule has 0 rings (SSSR count). The summed E-state index contributed by atoms with van der Waals surface area (Å²) >= 11 is 0. The Kier molecular flexibility index (Phi) is 5.82. The first-order valence-electron chi connectivity index (χ1n) is 4.23. The first-order valence-corrected chi connectivity index (χ1v) is 4.23. The number of nitrogens with zero attached hydrogens (tertiary/aromatic N) is 1. The zero-order valence-electron chi connectivity index (χ0n) is 8.61. The minimum absolute atomic E-state index is 0.00449. The highest BCUT2D eigenvalue weighted by molar-refractivity contribution is 5.86. The van der Waals surface area contributed by atoms with Crippen molar-refractivity contribution in [2.24, 2.45) is 0 Å². The molecule has 0 spiro atoms. The van der Waals surface area contributed by atoms with Gasteiger partial charge in [-0.15, -0.1) is 0 Å². The fraction of sp³-hybridized carbons (Fsp3) is 0.750. The van der Waals surface area contributed by atoms with Gasteiger partial charge in [-0.25, -0.2) is 4.89 Å². The molecule has 0 bridgehead atoms. The maximum Gasteiger partial charge on any atom is 0.244 e. The summed E-state index contributed by atoms with van der Waals surface area (Å²) in [5, 5.41) is 10.6. The summed E-state index contributed by atoms with van der Waals surface area (Å²) in [6.45, 7) is 1.33. The van der Waals surface area contributed by atoms with Gasteiger partial charge in [0.15, 0.2) is 0 Å². The zero-order chi connectivity index (χ0) is 11.1. The van der Waals surface area contributed by atoms with Crippen LogP contribution in [0.1, 0.15) is 13.3 Å². The smallest absolute Gasteiger partial charge is 0.244 e. The number of likely N-dealkylation sites (N-methyl/N-ethyl adjacent to an activating group) is 1. The second-order valence-electron chi connectivity index (χ2n) is 3.11. The quantitative estimate of drug-likeness (QED) is 0.465. The topological polar surface area (TPSA) is 78.9 Å². The van der Waals surface area contributed by atoms with Crippen molar-refractivity contribution in [3.05, 3.63) is 0 Å². The largest absolute Gasteiger partial charge is 0.347 e. The Hall–Kier alpha value is -1.14. The standard InChI is InChI=1S/C8H16N2O4/c1-6(11)9-7(4-5-14-13)8(12)10(2)3/h7,13H,4-5H2,1-3H3,(H,9,11). The highest BCUT2D eigenvalue weighted by Gasteiger charge is 2.20. The Morgan fingerprint density at radius 3 is 2.43 bits per heavy atom. The number of hydrogen-bond donors (Lipinski definition) is 2. The molecule has 0 aliphatic heterocycles. The van der Waals surface area contributed by atoms with Crippen LogP contribution in [0.5, 0.6) is 0 Å². The number of nitrogens with one attached hydrogen (secondary N) is 1. The normalized spacial score (nSPS) is 12.0. The molecule has 2 N–H and O–H groups in total. The summed E-state index contributed by atoms with van der Waals surface area (Å²) in [5.74, 6) is -0.514. The van der Waals surface area contributed by atoms with Gasteiger partial charge in [0.05, 0.1) is 6.61 Å². The Labute approximate surface area is 82.8 Å². The second-order valence-corrected chi connectivity index (χ2v) is 3.11. The van der Waals surface area contributed by atoms with Crippen molar-refractivity contribution in [1.29, 1.82) is 0 Å². The number of amides is 2. The van der Waals surface area contributed by atoms with Crippen LogP contribution in [-0.4, -0.2) is 48.7 Å². The maximum atomic E-state index is 11.5. The third-order valence-corrected chi connectivity index (χ3v) is 1.61. The highest BCUT2D eigenvalue weighted by Crippen LogP contribution is 1.96. The van der Waals surface area contributed by atoms with Gasteiger partial charge in [0.1, 0.15) is 6.04 Å². The average molecular weight is 204 g/mol. The molecule has 0 heterocycles. The molecule has 6 heteroatoms. The summed E-state index contributed by atoms with van der Waals surface area (Å²) in [5.41, 5.74) is 0. The maximum absolute atomic E-state index is 11.5. The van der Waals surface area contributed by atoms with E-state index < -0.39 is 6.04 Å². The molecule has 0 aromatic rings. The van der Waals surface area contributed by atoms with E-state index in [0.717, 1.165) is 0 Å². The fourth-order valence-corrected chi connectivity index (χ4v) is 0.985. The molecular weight excluding hydrogens is 188 g/mol.